The number of hydrogen-bond acceptors (Lipinski definition) is 6. The van der Waals surface area contributed by atoms with E-state index in [1.165, 1.54) is 83.7 Å². The molecule has 0 amide bonds. The van der Waals surface area contributed by atoms with E-state index in [1.807, 2.05) is 6.92 Å². The third-order valence-electron chi connectivity index (χ3n) is 7.53. The summed E-state index contributed by atoms with van der Waals surface area (Å²) in [5.74, 6) is 0. The highest BCUT2D eigenvalue weighted by Crippen LogP contribution is 2.22. The van der Waals surface area contributed by atoms with Gasteiger partial charge in [0.2, 0.25) is 0 Å². The van der Waals surface area contributed by atoms with Gasteiger partial charge in [0.05, 0.1) is 80.0 Å². The SMILES string of the molecule is CCCCCCCCCCCC[N+](C)(C)CCCCOCC(C)(COC)COCC(C)(CO)COCCOC. The van der Waals surface area contributed by atoms with Crippen molar-refractivity contribution < 1.29 is 33.3 Å². The van der Waals surface area contributed by atoms with E-state index in [-0.39, 0.29) is 12.0 Å². The van der Waals surface area contributed by atoms with Gasteiger partial charge in [0, 0.05) is 31.7 Å². The highest BCUT2D eigenvalue weighted by molar-refractivity contribution is 4.76. The summed E-state index contributed by atoms with van der Waals surface area (Å²) in [5, 5.41) is 9.84. The summed E-state index contributed by atoms with van der Waals surface area (Å²) < 4.78 is 29.3. The molecule has 236 valence electrons. The maximum Gasteiger partial charge on any atom is 0.0783 e. The molecule has 0 rings (SSSR count). The van der Waals surface area contributed by atoms with E-state index < -0.39 is 5.41 Å². The van der Waals surface area contributed by atoms with Crippen molar-refractivity contribution in [2.24, 2.45) is 10.8 Å². The minimum absolute atomic E-state index is 0.00548. The first-order valence-corrected chi connectivity index (χ1v) is 15.8. The molecular weight excluding hydrogens is 494 g/mol. The van der Waals surface area contributed by atoms with E-state index in [9.17, 15) is 5.11 Å². The molecule has 0 aliphatic heterocycles. The molecule has 2 unspecified atom stereocenters. The molecule has 39 heavy (non-hydrogen) atoms. The van der Waals surface area contributed by atoms with Crippen LogP contribution in [0, 0.1) is 10.8 Å². The average Bonchev–Trinajstić information content (AvgIpc) is 2.90. The Kier molecular flexibility index (Phi) is 24.2. The van der Waals surface area contributed by atoms with Gasteiger partial charge in [-0.3, -0.25) is 0 Å². The van der Waals surface area contributed by atoms with Gasteiger partial charge in [-0.1, -0.05) is 72.1 Å². The summed E-state index contributed by atoms with van der Waals surface area (Å²) in [6.45, 7) is 13.2. The molecule has 0 aromatic heterocycles. The van der Waals surface area contributed by atoms with Gasteiger partial charge in [-0.15, -0.1) is 0 Å². The fraction of sp³-hybridized carbons (Fsp3) is 1.00. The Morgan fingerprint density at radius 2 is 1.03 bits per heavy atom. The molecule has 0 heterocycles. The molecule has 0 aliphatic carbocycles. The van der Waals surface area contributed by atoms with Gasteiger partial charge in [0.15, 0.2) is 0 Å². The predicted octanol–water partition coefficient (Wildman–Crippen LogP) is 6.11. The second-order valence-corrected chi connectivity index (χ2v) is 13.1. The third kappa shape index (κ3) is 23.0. The molecular formula is C32H68NO6+. The highest BCUT2D eigenvalue weighted by atomic mass is 16.5. The van der Waals surface area contributed by atoms with Gasteiger partial charge < -0.3 is 33.3 Å². The lowest BCUT2D eigenvalue weighted by molar-refractivity contribution is -0.890. The van der Waals surface area contributed by atoms with Gasteiger partial charge in [-0.25, -0.2) is 0 Å². The molecule has 7 nitrogen and oxygen atoms in total. The minimum atomic E-state index is -0.443. The van der Waals surface area contributed by atoms with E-state index in [1.54, 1.807) is 14.2 Å². The van der Waals surface area contributed by atoms with Gasteiger partial charge in [0.1, 0.15) is 0 Å². The summed E-state index contributed by atoms with van der Waals surface area (Å²) >= 11 is 0. The lowest BCUT2D eigenvalue weighted by Gasteiger charge is -2.32. The Morgan fingerprint density at radius 3 is 1.59 bits per heavy atom. The Bertz CT molecular complexity index is 535. The van der Waals surface area contributed by atoms with Crippen LogP contribution in [0.1, 0.15) is 97.8 Å². The smallest absolute Gasteiger partial charge is 0.0783 e. The molecule has 0 radical (unpaired) electrons. The van der Waals surface area contributed by atoms with Gasteiger partial charge in [-0.05, 0) is 25.7 Å². The summed E-state index contributed by atoms with van der Waals surface area (Å²) in [5.41, 5.74) is -0.672. The van der Waals surface area contributed by atoms with Crippen molar-refractivity contribution in [1.29, 1.82) is 0 Å². The maximum atomic E-state index is 9.84. The number of ether oxygens (including phenoxy) is 5. The lowest BCUT2D eigenvalue weighted by atomic mass is 9.92. The minimum Gasteiger partial charge on any atom is -0.396 e. The number of aliphatic hydroxyl groups is 1. The van der Waals surface area contributed by atoms with Crippen LogP contribution in [0.15, 0.2) is 0 Å². The average molecular weight is 563 g/mol. The van der Waals surface area contributed by atoms with Gasteiger partial charge in [-0.2, -0.15) is 0 Å². The fourth-order valence-electron chi connectivity index (χ4n) is 4.81. The molecule has 7 heteroatoms. The van der Waals surface area contributed by atoms with Crippen molar-refractivity contribution in [3.63, 3.8) is 0 Å². The van der Waals surface area contributed by atoms with E-state index in [2.05, 4.69) is 27.9 Å². The number of aliphatic hydroxyl groups excluding tert-OH is 1. The number of quaternary nitrogens is 1. The van der Waals surface area contributed by atoms with Crippen molar-refractivity contribution in [2.75, 3.05) is 101 Å². The standard InChI is InChI=1S/C32H68NO6/c1-8-9-10-11-12-13-14-15-16-17-20-33(4,5)21-18-19-22-37-29-32(3,26-36-7)30-39-28-31(2,25-34)27-38-24-23-35-6/h34H,8-30H2,1-7H3/q+1. The summed E-state index contributed by atoms with van der Waals surface area (Å²) in [7, 11) is 8.10. The van der Waals surface area contributed by atoms with Crippen molar-refractivity contribution >= 4 is 0 Å². The third-order valence-corrected chi connectivity index (χ3v) is 7.53. The Labute approximate surface area is 242 Å². The Hall–Kier alpha value is -0.280. The van der Waals surface area contributed by atoms with Crippen LogP contribution in [0.25, 0.3) is 0 Å². The first-order valence-electron chi connectivity index (χ1n) is 15.8. The molecule has 0 spiro atoms. The van der Waals surface area contributed by atoms with Crippen molar-refractivity contribution in [3.8, 4) is 0 Å². The van der Waals surface area contributed by atoms with Gasteiger partial charge in [0.25, 0.3) is 0 Å². The van der Waals surface area contributed by atoms with Crippen molar-refractivity contribution in [3.05, 3.63) is 0 Å². The van der Waals surface area contributed by atoms with E-state index in [4.69, 9.17) is 23.7 Å². The second kappa shape index (κ2) is 24.3. The quantitative estimate of drug-likeness (QED) is 0.0842. The molecule has 1 N–H and O–H groups in total. The molecule has 0 bridgehead atoms. The molecule has 0 saturated heterocycles. The zero-order valence-corrected chi connectivity index (χ0v) is 27.2. The maximum absolute atomic E-state index is 9.84. The largest absolute Gasteiger partial charge is 0.396 e. The molecule has 0 aromatic rings. The van der Waals surface area contributed by atoms with Crippen LogP contribution in [0.4, 0.5) is 0 Å². The van der Waals surface area contributed by atoms with Crippen LogP contribution in [0.5, 0.6) is 0 Å². The van der Waals surface area contributed by atoms with Crippen LogP contribution in [0.3, 0.4) is 0 Å². The number of rotatable bonds is 30. The second-order valence-electron chi connectivity index (χ2n) is 13.1. The van der Waals surface area contributed by atoms with Crippen molar-refractivity contribution in [1.82, 2.24) is 0 Å². The number of hydrogen-bond donors (Lipinski definition) is 1. The van der Waals surface area contributed by atoms with Crippen LogP contribution in [-0.4, -0.2) is 110 Å². The van der Waals surface area contributed by atoms with Crippen LogP contribution >= 0.6 is 0 Å². The highest BCUT2D eigenvalue weighted by Gasteiger charge is 2.29. The summed E-state index contributed by atoms with van der Waals surface area (Å²) in [6, 6.07) is 0. The molecule has 0 aromatic carbocycles. The number of methoxy groups -OCH3 is 2. The van der Waals surface area contributed by atoms with E-state index >= 15 is 0 Å². The molecule has 2 atom stereocenters. The van der Waals surface area contributed by atoms with E-state index in [0.717, 1.165) is 17.5 Å². The van der Waals surface area contributed by atoms with Crippen LogP contribution in [-0.2, 0) is 23.7 Å². The van der Waals surface area contributed by atoms with Crippen molar-refractivity contribution in [2.45, 2.75) is 97.8 Å². The summed E-state index contributed by atoms with van der Waals surface area (Å²) in [4.78, 5) is 0. The Balaban J connectivity index is 4.04. The fourth-order valence-corrected chi connectivity index (χ4v) is 4.81. The molecule has 0 saturated carbocycles. The zero-order chi connectivity index (χ0) is 29.3. The first-order chi connectivity index (χ1) is 18.7. The first kappa shape index (κ1) is 38.7. The monoisotopic (exact) mass is 563 g/mol. The zero-order valence-electron chi connectivity index (χ0n) is 27.2. The lowest BCUT2D eigenvalue weighted by Crippen LogP contribution is -2.41. The number of nitrogens with zero attached hydrogens (tertiary/aromatic N) is 1. The predicted molar refractivity (Wildman–Crippen MR) is 162 cm³/mol. The number of unbranched alkanes of at least 4 members (excludes halogenated alkanes) is 10. The van der Waals surface area contributed by atoms with Crippen LogP contribution in [0.2, 0.25) is 0 Å². The Morgan fingerprint density at radius 1 is 0.538 bits per heavy atom. The topological polar surface area (TPSA) is 66.4 Å². The normalized spacial score (nSPS) is 15.4. The summed E-state index contributed by atoms with van der Waals surface area (Å²) in [6.07, 6.45) is 16.2. The van der Waals surface area contributed by atoms with Gasteiger partial charge >= 0.3 is 0 Å². The molecule has 0 aliphatic rings. The van der Waals surface area contributed by atoms with Crippen LogP contribution < -0.4 is 0 Å². The molecule has 0 fully saturated rings. The van der Waals surface area contributed by atoms with E-state index in [0.29, 0.717) is 46.2 Å².